The van der Waals surface area contributed by atoms with Crippen molar-refractivity contribution in [1.82, 2.24) is 20.2 Å². The molecule has 0 aromatic carbocycles. The molecule has 2 aromatic heterocycles. The fourth-order valence-corrected chi connectivity index (χ4v) is 2.30. The molecule has 0 radical (unpaired) electrons. The van der Waals surface area contributed by atoms with Crippen LogP contribution in [-0.2, 0) is 12.8 Å². The van der Waals surface area contributed by atoms with Gasteiger partial charge in [-0.05, 0) is 25.0 Å². The number of anilines is 1. The summed E-state index contributed by atoms with van der Waals surface area (Å²) < 4.78 is 0. The molecule has 1 aliphatic heterocycles. The highest BCUT2D eigenvalue weighted by molar-refractivity contribution is 5.31. The summed E-state index contributed by atoms with van der Waals surface area (Å²) in [5.41, 5.74) is 6.96. The number of aromatic nitrogens is 4. The summed E-state index contributed by atoms with van der Waals surface area (Å²) >= 11 is 0. The second kappa shape index (κ2) is 5.36. The molecule has 1 fully saturated rings. The Morgan fingerprint density at radius 2 is 2.32 bits per heavy atom. The highest BCUT2D eigenvalue weighted by Crippen LogP contribution is 2.15. The summed E-state index contributed by atoms with van der Waals surface area (Å²) in [6.07, 6.45) is 4.52. The van der Waals surface area contributed by atoms with Crippen molar-refractivity contribution in [1.29, 1.82) is 0 Å². The topological polar surface area (TPSA) is 83.7 Å². The minimum Gasteiger partial charge on any atom is -0.338 e. The van der Waals surface area contributed by atoms with E-state index >= 15 is 0 Å². The van der Waals surface area contributed by atoms with Gasteiger partial charge in [0.05, 0.1) is 0 Å². The van der Waals surface area contributed by atoms with Gasteiger partial charge in [0.15, 0.2) is 0 Å². The van der Waals surface area contributed by atoms with Crippen LogP contribution in [0.5, 0.6) is 0 Å². The fourth-order valence-electron chi connectivity index (χ4n) is 2.30. The minimum absolute atomic E-state index is 0.246. The van der Waals surface area contributed by atoms with E-state index in [-0.39, 0.29) is 6.04 Å². The van der Waals surface area contributed by atoms with E-state index in [0.717, 1.165) is 49.8 Å². The van der Waals surface area contributed by atoms with Gasteiger partial charge in [-0.1, -0.05) is 6.07 Å². The van der Waals surface area contributed by atoms with Crippen LogP contribution in [-0.4, -0.2) is 39.3 Å². The number of nitrogens with two attached hydrogens (primary N) is 1. The molecule has 1 unspecified atom stereocenters. The molecule has 100 valence electrons. The molecule has 6 heteroatoms. The predicted octanol–water partition coefficient (Wildman–Crippen LogP) is 0.522. The zero-order valence-electron chi connectivity index (χ0n) is 10.8. The second-order valence-electron chi connectivity index (χ2n) is 4.90. The van der Waals surface area contributed by atoms with E-state index in [4.69, 9.17) is 5.73 Å². The number of pyridine rings is 1. The summed E-state index contributed by atoms with van der Waals surface area (Å²) in [5, 5.41) is 7.26. The maximum Gasteiger partial charge on any atom is 0.244 e. The van der Waals surface area contributed by atoms with Crippen molar-refractivity contribution >= 4 is 5.95 Å². The average molecular weight is 258 g/mol. The van der Waals surface area contributed by atoms with Gasteiger partial charge in [0.25, 0.3) is 0 Å². The predicted molar refractivity (Wildman–Crippen MR) is 72.8 cm³/mol. The quantitative estimate of drug-likeness (QED) is 0.835. The summed E-state index contributed by atoms with van der Waals surface area (Å²) in [4.78, 5) is 10.9. The second-order valence-corrected chi connectivity index (χ2v) is 4.90. The first-order valence-electron chi connectivity index (χ1n) is 6.63. The van der Waals surface area contributed by atoms with Crippen molar-refractivity contribution in [2.75, 3.05) is 18.0 Å². The van der Waals surface area contributed by atoms with Gasteiger partial charge >= 0.3 is 0 Å². The van der Waals surface area contributed by atoms with Gasteiger partial charge < -0.3 is 10.6 Å². The molecule has 1 atom stereocenters. The van der Waals surface area contributed by atoms with Crippen molar-refractivity contribution in [2.45, 2.75) is 25.3 Å². The van der Waals surface area contributed by atoms with Gasteiger partial charge in [-0.15, -0.1) is 5.10 Å². The highest BCUT2D eigenvalue weighted by Gasteiger charge is 2.22. The number of H-pyrrole nitrogens is 1. The Kier molecular flexibility index (Phi) is 3.41. The van der Waals surface area contributed by atoms with Crippen LogP contribution in [0.4, 0.5) is 5.95 Å². The zero-order chi connectivity index (χ0) is 13.1. The molecule has 0 saturated carbocycles. The molecule has 1 aliphatic rings. The Morgan fingerprint density at radius 1 is 1.37 bits per heavy atom. The van der Waals surface area contributed by atoms with Crippen molar-refractivity contribution in [3.05, 3.63) is 35.9 Å². The lowest BCUT2D eigenvalue weighted by atomic mass is 10.2. The standard InChI is InChI=1S/C13H18N6/c14-10-6-8-19(9-10)13-16-12(17-18-13)5-4-11-3-1-2-7-15-11/h1-3,7,10H,4-6,8-9,14H2,(H,16,17,18). The lowest BCUT2D eigenvalue weighted by Crippen LogP contribution is -2.27. The molecule has 3 N–H and O–H groups in total. The first-order chi connectivity index (χ1) is 9.31. The van der Waals surface area contributed by atoms with Gasteiger partial charge in [0, 0.05) is 37.4 Å². The molecule has 2 aromatic rings. The Labute approximate surface area is 112 Å². The smallest absolute Gasteiger partial charge is 0.244 e. The molecular weight excluding hydrogens is 240 g/mol. The summed E-state index contributed by atoms with van der Waals surface area (Å²) in [7, 11) is 0. The summed E-state index contributed by atoms with van der Waals surface area (Å²) in [6.45, 7) is 1.79. The molecule has 0 bridgehead atoms. The van der Waals surface area contributed by atoms with E-state index in [1.54, 1.807) is 0 Å². The minimum atomic E-state index is 0.246. The van der Waals surface area contributed by atoms with Crippen LogP contribution in [0.25, 0.3) is 0 Å². The monoisotopic (exact) mass is 258 g/mol. The number of hydrogen-bond acceptors (Lipinski definition) is 5. The van der Waals surface area contributed by atoms with Gasteiger partial charge in [-0.3, -0.25) is 10.1 Å². The van der Waals surface area contributed by atoms with E-state index in [2.05, 4.69) is 25.1 Å². The molecule has 1 saturated heterocycles. The number of nitrogens with one attached hydrogen (secondary N) is 1. The average Bonchev–Trinajstić information content (AvgIpc) is 3.06. The summed E-state index contributed by atoms with van der Waals surface area (Å²) in [6, 6.07) is 6.19. The van der Waals surface area contributed by atoms with Crippen LogP contribution in [0.3, 0.4) is 0 Å². The van der Waals surface area contributed by atoms with E-state index in [1.165, 1.54) is 0 Å². The maximum absolute atomic E-state index is 5.89. The van der Waals surface area contributed by atoms with Crippen molar-refractivity contribution in [3.63, 3.8) is 0 Å². The summed E-state index contributed by atoms with van der Waals surface area (Å²) in [5.74, 6) is 1.67. The van der Waals surface area contributed by atoms with Crippen LogP contribution < -0.4 is 10.6 Å². The van der Waals surface area contributed by atoms with Gasteiger partial charge in [0.1, 0.15) is 5.82 Å². The van der Waals surface area contributed by atoms with Crippen molar-refractivity contribution < 1.29 is 0 Å². The first kappa shape index (κ1) is 12.1. The van der Waals surface area contributed by atoms with Gasteiger partial charge in [-0.2, -0.15) is 4.98 Å². The largest absolute Gasteiger partial charge is 0.338 e. The van der Waals surface area contributed by atoms with Crippen LogP contribution in [0.1, 0.15) is 17.9 Å². The maximum atomic E-state index is 5.89. The van der Waals surface area contributed by atoms with E-state index < -0.39 is 0 Å². The number of hydrogen-bond donors (Lipinski definition) is 2. The molecule has 0 aliphatic carbocycles. The molecule has 6 nitrogen and oxygen atoms in total. The zero-order valence-corrected chi connectivity index (χ0v) is 10.8. The van der Waals surface area contributed by atoms with Crippen LogP contribution >= 0.6 is 0 Å². The Morgan fingerprint density at radius 3 is 3.05 bits per heavy atom. The lowest BCUT2D eigenvalue weighted by Gasteiger charge is -2.11. The Balaban J connectivity index is 1.59. The van der Waals surface area contributed by atoms with Gasteiger partial charge in [-0.25, -0.2) is 0 Å². The van der Waals surface area contributed by atoms with Crippen molar-refractivity contribution in [2.24, 2.45) is 5.73 Å². The van der Waals surface area contributed by atoms with Gasteiger partial charge in [0.2, 0.25) is 5.95 Å². The molecular formula is C13H18N6. The highest BCUT2D eigenvalue weighted by atomic mass is 15.4. The third-order valence-electron chi connectivity index (χ3n) is 3.37. The molecule has 3 rings (SSSR count). The van der Waals surface area contributed by atoms with E-state index in [9.17, 15) is 0 Å². The number of aromatic amines is 1. The number of nitrogens with zero attached hydrogens (tertiary/aromatic N) is 4. The SMILES string of the molecule is NC1CCN(c2n[nH]c(CCc3ccccn3)n2)C1. The lowest BCUT2D eigenvalue weighted by molar-refractivity contribution is 0.750. The first-order valence-corrected chi connectivity index (χ1v) is 6.63. The third-order valence-corrected chi connectivity index (χ3v) is 3.37. The Bertz CT molecular complexity index is 523. The fraction of sp³-hybridized carbons (Fsp3) is 0.462. The Hall–Kier alpha value is -1.95. The molecule has 19 heavy (non-hydrogen) atoms. The molecule has 3 heterocycles. The van der Waals surface area contributed by atoms with Crippen LogP contribution in [0, 0.1) is 0 Å². The molecule has 0 spiro atoms. The number of rotatable bonds is 4. The molecule has 0 amide bonds. The van der Waals surface area contributed by atoms with E-state index in [1.807, 2.05) is 24.4 Å². The third kappa shape index (κ3) is 2.90. The normalized spacial score (nSPS) is 19.0. The van der Waals surface area contributed by atoms with E-state index in [0.29, 0.717) is 0 Å². The van der Waals surface area contributed by atoms with Crippen LogP contribution in [0.2, 0.25) is 0 Å². The number of aryl methyl sites for hydroxylation is 2. The van der Waals surface area contributed by atoms with Crippen LogP contribution in [0.15, 0.2) is 24.4 Å². The van der Waals surface area contributed by atoms with Crippen molar-refractivity contribution in [3.8, 4) is 0 Å².